The van der Waals surface area contributed by atoms with Crippen molar-refractivity contribution in [2.75, 3.05) is 33.7 Å². The Hall–Kier alpha value is -1.31. The minimum absolute atomic E-state index is 0.0832. The quantitative estimate of drug-likeness (QED) is 0.784. The highest BCUT2D eigenvalue weighted by atomic mass is 32.2. The molecule has 0 amide bonds. The van der Waals surface area contributed by atoms with Gasteiger partial charge in [0.2, 0.25) is 10.0 Å². The molecule has 0 bridgehead atoms. The smallest absolute Gasteiger partial charge is 0.214 e. The first-order valence-electron chi connectivity index (χ1n) is 6.14. The third-order valence-electron chi connectivity index (χ3n) is 2.82. The molecule has 0 saturated carbocycles. The lowest BCUT2D eigenvalue weighted by Crippen LogP contribution is -2.30. The summed E-state index contributed by atoms with van der Waals surface area (Å²) in [6.07, 6.45) is 0. The van der Waals surface area contributed by atoms with Gasteiger partial charge in [-0.15, -0.1) is 0 Å². The van der Waals surface area contributed by atoms with Crippen molar-refractivity contribution in [1.82, 2.24) is 4.72 Å². The monoisotopic (exact) mass is 303 g/mol. The van der Waals surface area contributed by atoms with Gasteiger partial charge in [-0.05, 0) is 25.1 Å². The maximum absolute atomic E-state index is 11.9. The number of rotatable bonds is 8. The van der Waals surface area contributed by atoms with Gasteiger partial charge in [-0.1, -0.05) is 0 Å². The summed E-state index contributed by atoms with van der Waals surface area (Å²) < 4.78 is 41.5. The number of benzene rings is 1. The molecule has 1 aromatic rings. The minimum atomic E-state index is -3.41. The third kappa shape index (κ3) is 4.66. The van der Waals surface area contributed by atoms with E-state index in [1.54, 1.807) is 32.2 Å². The van der Waals surface area contributed by atoms with Crippen molar-refractivity contribution in [3.05, 3.63) is 23.8 Å². The molecule has 1 rings (SSSR count). The molecule has 1 N–H and O–H groups in total. The van der Waals surface area contributed by atoms with E-state index in [0.717, 1.165) is 0 Å². The van der Waals surface area contributed by atoms with Crippen LogP contribution in [0.2, 0.25) is 0 Å². The van der Waals surface area contributed by atoms with E-state index in [9.17, 15) is 8.42 Å². The molecular formula is C13H21NO5S. The second-order valence-corrected chi connectivity index (χ2v) is 6.13. The maximum atomic E-state index is 11.9. The van der Waals surface area contributed by atoms with Gasteiger partial charge in [-0.3, -0.25) is 0 Å². The SMILES string of the molecule is COCCS(=O)(=O)N[C@@H](C)c1cc(OC)ccc1OC. The molecule has 6 nitrogen and oxygen atoms in total. The second kappa shape index (κ2) is 7.47. The molecule has 0 aromatic heterocycles. The summed E-state index contributed by atoms with van der Waals surface area (Å²) in [5.41, 5.74) is 0.716. The first kappa shape index (κ1) is 16.7. The van der Waals surface area contributed by atoms with Crippen molar-refractivity contribution < 1.29 is 22.6 Å². The van der Waals surface area contributed by atoms with Gasteiger partial charge in [0.05, 0.1) is 26.6 Å². The Bertz CT molecular complexity index is 530. The van der Waals surface area contributed by atoms with E-state index in [2.05, 4.69) is 4.72 Å². The predicted molar refractivity (Wildman–Crippen MR) is 76.8 cm³/mol. The van der Waals surface area contributed by atoms with Crippen LogP contribution >= 0.6 is 0 Å². The van der Waals surface area contributed by atoms with E-state index in [0.29, 0.717) is 17.1 Å². The van der Waals surface area contributed by atoms with E-state index in [4.69, 9.17) is 14.2 Å². The average molecular weight is 303 g/mol. The van der Waals surface area contributed by atoms with Crippen LogP contribution in [-0.2, 0) is 14.8 Å². The highest BCUT2D eigenvalue weighted by Crippen LogP contribution is 2.29. The summed E-state index contributed by atoms with van der Waals surface area (Å²) in [4.78, 5) is 0. The molecule has 0 spiro atoms. The van der Waals surface area contributed by atoms with Gasteiger partial charge >= 0.3 is 0 Å². The summed E-state index contributed by atoms with van der Waals surface area (Å²) in [5.74, 6) is 1.16. The number of hydrogen-bond donors (Lipinski definition) is 1. The molecule has 20 heavy (non-hydrogen) atoms. The summed E-state index contributed by atoms with van der Waals surface area (Å²) in [5, 5.41) is 0. The highest BCUT2D eigenvalue weighted by molar-refractivity contribution is 7.89. The van der Waals surface area contributed by atoms with E-state index >= 15 is 0 Å². The Morgan fingerprint density at radius 2 is 1.90 bits per heavy atom. The molecule has 0 saturated heterocycles. The number of nitrogens with one attached hydrogen (secondary N) is 1. The Kier molecular flexibility index (Phi) is 6.25. The lowest BCUT2D eigenvalue weighted by molar-refractivity contribution is 0.216. The molecule has 0 aliphatic carbocycles. The van der Waals surface area contributed by atoms with Crippen LogP contribution in [-0.4, -0.2) is 42.1 Å². The Morgan fingerprint density at radius 3 is 2.45 bits per heavy atom. The van der Waals surface area contributed by atoms with Gasteiger partial charge in [-0.25, -0.2) is 13.1 Å². The fourth-order valence-corrected chi connectivity index (χ4v) is 2.93. The summed E-state index contributed by atoms with van der Waals surface area (Å²) in [6, 6.07) is 4.83. The van der Waals surface area contributed by atoms with Crippen LogP contribution in [0.25, 0.3) is 0 Å². The molecule has 114 valence electrons. The van der Waals surface area contributed by atoms with Crippen molar-refractivity contribution in [3.63, 3.8) is 0 Å². The van der Waals surface area contributed by atoms with Gasteiger partial charge in [0.1, 0.15) is 11.5 Å². The fraction of sp³-hybridized carbons (Fsp3) is 0.538. The molecule has 0 aliphatic rings. The van der Waals surface area contributed by atoms with Crippen LogP contribution in [0.5, 0.6) is 11.5 Å². The van der Waals surface area contributed by atoms with Crippen LogP contribution in [0.3, 0.4) is 0 Å². The van der Waals surface area contributed by atoms with Crippen molar-refractivity contribution in [1.29, 1.82) is 0 Å². The Labute approximate surface area is 120 Å². The van der Waals surface area contributed by atoms with Crippen LogP contribution in [0, 0.1) is 0 Å². The maximum Gasteiger partial charge on any atom is 0.214 e. The van der Waals surface area contributed by atoms with Gasteiger partial charge in [0.15, 0.2) is 0 Å². The highest BCUT2D eigenvalue weighted by Gasteiger charge is 2.19. The topological polar surface area (TPSA) is 73.9 Å². The zero-order chi connectivity index (χ0) is 15.2. The zero-order valence-corrected chi connectivity index (χ0v) is 13.0. The molecule has 0 heterocycles. The molecule has 7 heteroatoms. The summed E-state index contributed by atoms with van der Waals surface area (Å²) >= 11 is 0. The predicted octanol–water partition coefficient (Wildman–Crippen LogP) is 1.33. The number of ether oxygens (including phenoxy) is 3. The lowest BCUT2D eigenvalue weighted by atomic mass is 10.1. The third-order valence-corrected chi connectivity index (χ3v) is 4.23. The first-order chi connectivity index (χ1) is 9.43. The molecule has 0 radical (unpaired) electrons. The van der Waals surface area contributed by atoms with E-state index in [-0.39, 0.29) is 12.4 Å². The fourth-order valence-electron chi connectivity index (χ4n) is 1.76. The first-order valence-corrected chi connectivity index (χ1v) is 7.79. The lowest BCUT2D eigenvalue weighted by Gasteiger charge is -2.18. The Balaban J connectivity index is 2.93. The molecule has 0 fully saturated rings. The van der Waals surface area contributed by atoms with Crippen molar-refractivity contribution >= 4 is 10.0 Å². The molecule has 1 aromatic carbocycles. The molecular weight excluding hydrogens is 282 g/mol. The van der Waals surface area contributed by atoms with Crippen LogP contribution in [0.4, 0.5) is 0 Å². The standard InChI is InChI=1S/C13H21NO5S/c1-10(14-20(15,16)8-7-17-2)12-9-11(18-3)5-6-13(12)19-4/h5-6,9-10,14H,7-8H2,1-4H3/t10-/m0/s1. The largest absolute Gasteiger partial charge is 0.497 e. The average Bonchev–Trinajstić information content (AvgIpc) is 2.43. The number of hydrogen-bond acceptors (Lipinski definition) is 5. The van der Waals surface area contributed by atoms with Crippen LogP contribution in [0.15, 0.2) is 18.2 Å². The van der Waals surface area contributed by atoms with Crippen LogP contribution in [0.1, 0.15) is 18.5 Å². The van der Waals surface area contributed by atoms with Gasteiger partial charge in [-0.2, -0.15) is 0 Å². The van der Waals surface area contributed by atoms with Crippen LogP contribution < -0.4 is 14.2 Å². The van der Waals surface area contributed by atoms with E-state index < -0.39 is 16.1 Å². The number of methoxy groups -OCH3 is 3. The molecule has 0 aliphatic heterocycles. The number of sulfonamides is 1. The van der Waals surface area contributed by atoms with Crippen molar-refractivity contribution in [2.24, 2.45) is 0 Å². The second-order valence-electron chi connectivity index (χ2n) is 4.26. The minimum Gasteiger partial charge on any atom is -0.497 e. The molecule has 0 unspecified atom stereocenters. The molecule has 1 atom stereocenters. The summed E-state index contributed by atoms with van der Waals surface area (Å²) in [6.45, 7) is 1.90. The zero-order valence-electron chi connectivity index (χ0n) is 12.2. The van der Waals surface area contributed by atoms with Gasteiger partial charge < -0.3 is 14.2 Å². The summed E-state index contributed by atoms with van der Waals surface area (Å²) in [7, 11) is 1.15. The van der Waals surface area contributed by atoms with E-state index in [1.165, 1.54) is 14.2 Å². The van der Waals surface area contributed by atoms with Crippen molar-refractivity contribution in [3.8, 4) is 11.5 Å². The Morgan fingerprint density at radius 1 is 1.20 bits per heavy atom. The van der Waals surface area contributed by atoms with E-state index in [1.807, 2.05) is 0 Å². The normalized spacial score (nSPS) is 13.0. The van der Waals surface area contributed by atoms with Gasteiger partial charge in [0.25, 0.3) is 0 Å². The van der Waals surface area contributed by atoms with Gasteiger partial charge in [0, 0.05) is 18.7 Å². The van der Waals surface area contributed by atoms with Crippen molar-refractivity contribution in [2.45, 2.75) is 13.0 Å².